The number of phenolic OH excluding ortho intramolecular Hbond substituents is 1. The molecule has 0 unspecified atom stereocenters. The fraction of sp³-hybridized carbons (Fsp3) is 0.200. The summed E-state index contributed by atoms with van der Waals surface area (Å²) < 4.78 is 0. The molecule has 14 heavy (non-hydrogen) atoms. The molecule has 0 saturated carbocycles. The van der Waals surface area contributed by atoms with Gasteiger partial charge in [-0.25, -0.2) is 0 Å². The van der Waals surface area contributed by atoms with Crippen LogP contribution in [-0.2, 0) is 9.59 Å². The highest BCUT2D eigenvalue weighted by atomic mass is 16.3. The van der Waals surface area contributed by atoms with Gasteiger partial charge in [0.1, 0.15) is 11.5 Å². The van der Waals surface area contributed by atoms with Crippen molar-refractivity contribution in [3.63, 3.8) is 0 Å². The van der Waals surface area contributed by atoms with E-state index in [4.69, 9.17) is 5.11 Å². The second-order valence-electron chi connectivity index (χ2n) is 2.97. The van der Waals surface area contributed by atoms with Gasteiger partial charge in [-0.15, -0.1) is 0 Å². The van der Waals surface area contributed by atoms with Gasteiger partial charge in [-0.3, -0.25) is 9.59 Å². The number of nitrogens with one attached hydrogen (secondary N) is 1. The first-order valence-electron chi connectivity index (χ1n) is 4.16. The topological polar surface area (TPSA) is 66.4 Å². The van der Waals surface area contributed by atoms with Crippen molar-refractivity contribution < 1.29 is 14.7 Å². The molecule has 1 aromatic carbocycles. The van der Waals surface area contributed by atoms with Crippen LogP contribution in [0.1, 0.15) is 13.3 Å². The Hall–Kier alpha value is -1.84. The highest BCUT2D eigenvalue weighted by molar-refractivity contribution is 6.03. The SMILES string of the molecule is CC(=O)CC(=O)Nc1ccc(O)cc1. The summed E-state index contributed by atoms with van der Waals surface area (Å²) in [5.41, 5.74) is 0.564. The number of amides is 1. The average Bonchev–Trinajstić information content (AvgIpc) is 2.07. The van der Waals surface area contributed by atoms with Crippen molar-refractivity contribution in [3.05, 3.63) is 24.3 Å². The lowest BCUT2D eigenvalue weighted by Crippen LogP contribution is -2.14. The van der Waals surface area contributed by atoms with Gasteiger partial charge in [-0.2, -0.15) is 0 Å². The number of rotatable bonds is 3. The Morgan fingerprint density at radius 1 is 1.29 bits per heavy atom. The quantitative estimate of drug-likeness (QED) is 0.561. The third kappa shape index (κ3) is 3.26. The zero-order valence-corrected chi connectivity index (χ0v) is 7.78. The van der Waals surface area contributed by atoms with Gasteiger partial charge < -0.3 is 10.4 Å². The zero-order valence-electron chi connectivity index (χ0n) is 7.78. The highest BCUT2D eigenvalue weighted by Crippen LogP contribution is 2.13. The number of ketones is 1. The molecule has 0 saturated heterocycles. The third-order valence-electron chi connectivity index (χ3n) is 1.56. The average molecular weight is 193 g/mol. The zero-order chi connectivity index (χ0) is 10.6. The standard InChI is InChI=1S/C10H11NO3/c1-7(12)6-10(14)11-8-2-4-9(13)5-3-8/h2-5,13H,6H2,1H3,(H,11,14). The molecular weight excluding hydrogens is 182 g/mol. The smallest absolute Gasteiger partial charge is 0.231 e. The number of hydrogen-bond acceptors (Lipinski definition) is 3. The van der Waals surface area contributed by atoms with Gasteiger partial charge in [0.05, 0.1) is 6.42 Å². The van der Waals surface area contributed by atoms with Crippen LogP contribution in [0.15, 0.2) is 24.3 Å². The Labute approximate surface area is 81.6 Å². The van der Waals surface area contributed by atoms with Crippen molar-refractivity contribution in [2.45, 2.75) is 13.3 Å². The van der Waals surface area contributed by atoms with Crippen molar-refractivity contribution in [2.75, 3.05) is 5.32 Å². The van der Waals surface area contributed by atoms with Crippen LogP contribution in [0.3, 0.4) is 0 Å². The summed E-state index contributed by atoms with van der Waals surface area (Å²) in [6.07, 6.45) is -0.124. The molecule has 0 radical (unpaired) electrons. The van der Waals surface area contributed by atoms with Gasteiger partial charge >= 0.3 is 0 Å². The molecule has 0 aliphatic carbocycles. The van der Waals surface area contributed by atoms with Crippen molar-refractivity contribution in [2.24, 2.45) is 0 Å². The molecule has 0 bridgehead atoms. The van der Waals surface area contributed by atoms with Gasteiger partial charge in [0.2, 0.25) is 5.91 Å². The summed E-state index contributed by atoms with van der Waals surface area (Å²) in [6, 6.07) is 6.05. The molecule has 4 heteroatoms. The number of benzene rings is 1. The van der Waals surface area contributed by atoms with E-state index in [0.717, 1.165) is 0 Å². The van der Waals surface area contributed by atoms with E-state index in [1.807, 2.05) is 0 Å². The molecular formula is C10H11NO3. The van der Waals surface area contributed by atoms with Crippen molar-refractivity contribution in [1.82, 2.24) is 0 Å². The van der Waals surface area contributed by atoms with Gasteiger partial charge in [0.15, 0.2) is 0 Å². The molecule has 74 valence electrons. The number of Topliss-reactive ketones (excluding diaryl/α,β-unsaturated/α-hetero) is 1. The highest BCUT2D eigenvalue weighted by Gasteiger charge is 2.04. The number of hydrogen-bond donors (Lipinski definition) is 2. The monoisotopic (exact) mass is 193 g/mol. The summed E-state index contributed by atoms with van der Waals surface area (Å²) in [5, 5.41) is 11.5. The molecule has 2 N–H and O–H groups in total. The Bertz CT molecular complexity index is 343. The first kappa shape index (κ1) is 10.2. The Balaban J connectivity index is 2.56. The van der Waals surface area contributed by atoms with E-state index in [2.05, 4.69) is 5.32 Å². The second kappa shape index (κ2) is 4.41. The van der Waals surface area contributed by atoms with Crippen molar-refractivity contribution >= 4 is 17.4 Å². The van der Waals surface area contributed by atoms with Crippen LogP contribution in [0.4, 0.5) is 5.69 Å². The molecule has 0 aliphatic heterocycles. The van der Waals surface area contributed by atoms with Gasteiger partial charge in [-0.05, 0) is 31.2 Å². The maximum absolute atomic E-state index is 11.1. The molecule has 0 atom stereocenters. The minimum atomic E-state index is -0.344. The largest absolute Gasteiger partial charge is 0.508 e. The van der Waals surface area contributed by atoms with Crippen LogP contribution in [0.25, 0.3) is 0 Å². The van der Waals surface area contributed by atoms with E-state index in [1.165, 1.54) is 19.1 Å². The van der Waals surface area contributed by atoms with Gasteiger partial charge in [-0.1, -0.05) is 0 Å². The van der Waals surface area contributed by atoms with E-state index in [0.29, 0.717) is 5.69 Å². The maximum Gasteiger partial charge on any atom is 0.231 e. The Morgan fingerprint density at radius 3 is 2.36 bits per heavy atom. The Kier molecular flexibility index (Phi) is 3.23. The second-order valence-corrected chi connectivity index (χ2v) is 2.97. The van der Waals surface area contributed by atoms with Crippen LogP contribution >= 0.6 is 0 Å². The van der Waals surface area contributed by atoms with E-state index in [9.17, 15) is 9.59 Å². The molecule has 0 aliphatic rings. The van der Waals surface area contributed by atoms with E-state index >= 15 is 0 Å². The minimum Gasteiger partial charge on any atom is -0.508 e. The van der Waals surface area contributed by atoms with E-state index in [-0.39, 0.29) is 23.9 Å². The van der Waals surface area contributed by atoms with E-state index < -0.39 is 0 Å². The minimum absolute atomic E-state index is 0.124. The van der Waals surface area contributed by atoms with Crippen LogP contribution in [0.5, 0.6) is 5.75 Å². The van der Waals surface area contributed by atoms with E-state index in [1.54, 1.807) is 12.1 Å². The molecule has 0 aromatic heterocycles. The lowest BCUT2D eigenvalue weighted by molar-refractivity contribution is -0.124. The fourth-order valence-corrected chi connectivity index (χ4v) is 0.976. The summed E-state index contributed by atoms with van der Waals surface area (Å²) in [5.74, 6) is -0.390. The lowest BCUT2D eigenvalue weighted by atomic mass is 10.2. The summed E-state index contributed by atoms with van der Waals surface area (Å²) in [4.78, 5) is 21.7. The molecule has 0 spiro atoms. The van der Waals surface area contributed by atoms with Gasteiger partial charge in [0.25, 0.3) is 0 Å². The Morgan fingerprint density at radius 2 is 1.86 bits per heavy atom. The van der Waals surface area contributed by atoms with Crippen LogP contribution in [0, 0.1) is 0 Å². The number of carbonyl (C=O) groups excluding carboxylic acids is 2. The molecule has 0 heterocycles. The van der Waals surface area contributed by atoms with Crippen LogP contribution in [0.2, 0.25) is 0 Å². The predicted molar refractivity (Wildman–Crippen MR) is 52.0 cm³/mol. The third-order valence-corrected chi connectivity index (χ3v) is 1.56. The lowest BCUT2D eigenvalue weighted by Gasteiger charge is -2.03. The fourth-order valence-electron chi connectivity index (χ4n) is 0.976. The predicted octanol–water partition coefficient (Wildman–Crippen LogP) is 1.31. The summed E-state index contributed by atoms with van der Waals surface area (Å²) >= 11 is 0. The molecule has 1 amide bonds. The van der Waals surface area contributed by atoms with Crippen molar-refractivity contribution in [3.8, 4) is 5.75 Å². The summed E-state index contributed by atoms with van der Waals surface area (Å²) in [6.45, 7) is 1.36. The van der Waals surface area contributed by atoms with Crippen LogP contribution in [-0.4, -0.2) is 16.8 Å². The molecule has 0 fully saturated rings. The summed E-state index contributed by atoms with van der Waals surface area (Å²) in [7, 11) is 0. The molecule has 1 rings (SSSR count). The first-order chi connectivity index (χ1) is 6.58. The number of phenols is 1. The number of aromatic hydroxyl groups is 1. The van der Waals surface area contributed by atoms with Gasteiger partial charge in [0, 0.05) is 5.69 Å². The molecule has 4 nitrogen and oxygen atoms in total. The van der Waals surface area contributed by atoms with Crippen molar-refractivity contribution in [1.29, 1.82) is 0 Å². The first-order valence-corrected chi connectivity index (χ1v) is 4.16. The number of anilines is 1. The van der Waals surface area contributed by atoms with Crippen LogP contribution < -0.4 is 5.32 Å². The number of carbonyl (C=O) groups is 2. The maximum atomic E-state index is 11.1. The molecule has 1 aromatic rings. The normalized spacial score (nSPS) is 9.50.